The first-order valence-electron chi connectivity index (χ1n) is 17.7. The number of fused-ring (bicyclic) bond motifs is 5. The number of ether oxygens (including phenoxy) is 2. The van der Waals surface area contributed by atoms with Gasteiger partial charge in [-0.15, -0.1) is 0 Å². The third kappa shape index (κ3) is 8.35. The number of pyridine rings is 1. The van der Waals surface area contributed by atoms with E-state index in [0.717, 1.165) is 33.2 Å². The zero-order valence-electron chi connectivity index (χ0n) is 29.7. The lowest BCUT2D eigenvalue weighted by Crippen LogP contribution is -2.32. The zero-order chi connectivity index (χ0) is 36.9. The van der Waals surface area contributed by atoms with E-state index in [-0.39, 0.29) is 53.3 Å². The monoisotopic (exact) mass is 706 g/mol. The summed E-state index contributed by atoms with van der Waals surface area (Å²) < 4.78 is 11.2. The first-order chi connectivity index (χ1) is 25.0. The number of phenols is 4. The molecule has 0 fully saturated rings. The van der Waals surface area contributed by atoms with Crippen molar-refractivity contribution in [2.24, 2.45) is 11.8 Å². The van der Waals surface area contributed by atoms with Gasteiger partial charge < -0.3 is 40.3 Å². The number of aliphatic hydroxyl groups is 1. The summed E-state index contributed by atoms with van der Waals surface area (Å²) in [6.07, 6.45) is 2.78. The number of aliphatic hydroxyl groups excluding tert-OH is 1. The van der Waals surface area contributed by atoms with Crippen LogP contribution in [0.15, 0.2) is 79.0 Å². The molecule has 2 bridgehead atoms. The predicted octanol–water partition coefficient (Wildman–Crippen LogP) is 7.69. The Morgan fingerprint density at radius 3 is 2.52 bits per heavy atom. The van der Waals surface area contributed by atoms with Gasteiger partial charge in [0.05, 0.1) is 19.8 Å². The van der Waals surface area contributed by atoms with Crippen LogP contribution in [0.25, 0.3) is 10.8 Å². The number of hydrogen-bond donors (Lipinski definition) is 6. The highest BCUT2D eigenvalue weighted by Gasteiger charge is 2.31. The number of methoxy groups -OCH3 is 1. The molecule has 0 amide bonds. The van der Waals surface area contributed by atoms with Gasteiger partial charge in [-0.2, -0.15) is 0 Å². The Hall–Kier alpha value is -5.48. The number of phenolic OH excluding ortho intramolecular Hbond substituents is 4. The van der Waals surface area contributed by atoms with E-state index in [4.69, 9.17) is 9.47 Å². The van der Waals surface area contributed by atoms with Crippen molar-refractivity contribution in [3.8, 4) is 34.5 Å². The Morgan fingerprint density at radius 2 is 1.73 bits per heavy atom. The second kappa shape index (κ2) is 15.8. The van der Waals surface area contributed by atoms with Gasteiger partial charge >= 0.3 is 0 Å². The first-order valence-corrected chi connectivity index (χ1v) is 17.7. The van der Waals surface area contributed by atoms with Crippen molar-refractivity contribution in [3.63, 3.8) is 0 Å². The standard InChI is InChI=1S/C42H46N2O8/c1-24(2)23-52-40-22-29(21-38(49)42(40)50)27-6-9-32-31-10-8-30(45)19-28(31)7-11-34(32)44-41-18-26(14-15-43-41)16-33(37(48)20-27)35(46)12-4-25-5-13-36(47)39(17-25)51-3/h5,7-8,10-11,13-15,17-19,21-22,24,27,33,35,45-47,49-50H,4,6,9,12,16,20,23H2,1-3H3,(H,43,44)/t27-,33-,35+/m0/s1. The summed E-state index contributed by atoms with van der Waals surface area (Å²) in [6.45, 7) is 4.30. The van der Waals surface area contributed by atoms with Crippen LogP contribution in [0.1, 0.15) is 61.3 Å². The largest absolute Gasteiger partial charge is 0.508 e. The molecule has 4 aromatic carbocycles. The summed E-state index contributed by atoms with van der Waals surface area (Å²) >= 11 is 0. The highest BCUT2D eigenvalue weighted by atomic mass is 16.5. The van der Waals surface area contributed by atoms with Gasteiger partial charge in [-0.1, -0.05) is 32.0 Å². The molecule has 10 heteroatoms. The topological polar surface area (TPSA) is 162 Å². The maximum Gasteiger partial charge on any atom is 0.200 e. The lowest BCUT2D eigenvalue weighted by molar-refractivity contribution is -0.127. The molecule has 6 N–H and O–H groups in total. The lowest BCUT2D eigenvalue weighted by atomic mass is 9.80. The molecule has 0 aliphatic carbocycles. The first kappa shape index (κ1) is 36.3. The van der Waals surface area contributed by atoms with Crippen molar-refractivity contribution < 1.29 is 39.8 Å². The number of nitrogens with zero attached hydrogens (tertiary/aromatic N) is 1. The maximum atomic E-state index is 14.5. The molecule has 0 radical (unpaired) electrons. The van der Waals surface area contributed by atoms with E-state index in [1.807, 2.05) is 44.2 Å². The molecular weight excluding hydrogens is 660 g/mol. The van der Waals surface area contributed by atoms with Gasteiger partial charge in [-0.25, -0.2) is 4.98 Å². The van der Waals surface area contributed by atoms with E-state index >= 15 is 0 Å². The molecule has 0 spiro atoms. The van der Waals surface area contributed by atoms with Crippen LogP contribution < -0.4 is 14.8 Å². The van der Waals surface area contributed by atoms with E-state index in [1.54, 1.807) is 42.6 Å². The quantitative estimate of drug-likeness (QED) is 0.0839. The number of Topliss-reactive ketones (excluding diaryl/α,β-unsaturated/α-hetero) is 1. The van der Waals surface area contributed by atoms with Crippen LogP contribution >= 0.6 is 0 Å². The minimum Gasteiger partial charge on any atom is -0.508 e. The van der Waals surface area contributed by atoms with Crippen LogP contribution in [0.5, 0.6) is 34.5 Å². The molecule has 1 aliphatic rings. The Kier molecular flexibility index (Phi) is 11.0. The van der Waals surface area contributed by atoms with Gasteiger partial charge in [0.2, 0.25) is 5.75 Å². The zero-order valence-corrected chi connectivity index (χ0v) is 29.7. The Bertz CT molecular complexity index is 2060. The molecule has 0 saturated heterocycles. The SMILES string of the molecule is COc1cc(CC[C@@H](O)[C@@H]2Cc3ccnc(c3)Nc3ccc4cc(O)ccc4c3CC[C@H](c3cc(O)c(O)c(OCC(C)C)c3)CC2=O)ccc1O. The molecule has 0 unspecified atom stereocenters. The number of hydrogen-bond acceptors (Lipinski definition) is 10. The highest BCUT2D eigenvalue weighted by molar-refractivity contribution is 5.92. The minimum absolute atomic E-state index is 0.0247. The van der Waals surface area contributed by atoms with Gasteiger partial charge in [0.25, 0.3) is 0 Å². The number of carbonyl (C=O) groups is 1. The van der Waals surface area contributed by atoms with Crippen molar-refractivity contribution >= 4 is 28.1 Å². The average molecular weight is 707 g/mol. The van der Waals surface area contributed by atoms with E-state index in [0.29, 0.717) is 49.4 Å². The molecule has 3 atom stereocenters. The number of aromatic nitrogens is 1. The van der Waals surface area contributed by atoms with E-state index in [9.17, 15) is 30.3 Å². The maximum absolute atomic E-state index is 14.5. The molecule has 1 aromatic heterocycles. The molecular formula is C42H46N2O8. The summed E-state index contributed by atoms with van der Waals surface area (Å²) in [5, 5.41) is 58.8. The van der Waals surface area contributed by atoms with Crippen molar-refractivity contribution in [1.29, 1.82) is 0 Å². The third-order valence-electron chi connectivity index (χ3n) is 9.82. The van der Waals surface area contributed by atoms with Crippen LogP contribution in [0.3, 0.4) is 0 Å². The van der Waals surface area contributed by atoms with Crippen LogP contribution in [0.4, 0.5) is 11.5 Å². The normalized spacial score (nSPS) is 17.0. The predicted molar refractivity (Wildman–Crippen MR) is 200 cm³/mol. The second-order valence-corrected chi connectivity index (χ2v) is 14.1. The smallest absolute Gasteiger partial charge is 0.200 e. The van der Waals surface area contributed by atoms with Gasteiger partial charge in [-0.05, 0) is 132 Å². The van der Waals surface area contributed by atoms with Gasteiger partial charge in [0, 0.05) is 24.2 Å². The summed E-state index contributed by atoms with van der Waals surface area (Å²) in [5.41, 5.74) is 4.13. The Morgan fingerprint density at radius 1 is 0.904 bits per heavy atom. The van der Waals surface area contributed by atoms with Crippen molar-refractivity contribution in [3.05, 3.63) is 101 Å². The number of benzene rings is 4. The van der Waals surface area contributed by atoms with Crippen LogP contribution in [0.2, 0.25) is 0 Å². The molecule has 10 nitrogen and oxygen atoms in total. The summed E-state index contributed by atoms with van der Waals surface area (Å²) in [7, 11) is 1.48. The molecule has 0 saturated carbocycles. The van der Waals surface area contributed by atoms with Crippen molar-refractivity contribution in [2.45, 2.75) is 64.4 Å². The number of aromatic hydroxyl groups is 4. The molecule has 52 heavy (non-hydrogen) atoms. The number of carbonyl (C=O) groups excluding carboxylic acids is 1. The second-order valence-electron chi connectivity index (χ2n) is 14.1. The van der Waals surface area contributed by atoms with Crippen molar-refractivity contribution in [1.82, 2.24) is 4.98 Å². The summed E-state index contributed by atoms with van der Waals surface area (Å²) in [4.78, 5) is 19.1. The third-order valence-corrected chi connectivity index (χ3v) is 9.82. The summed E-state index contributed by atoms with van der Waals surface area (Å²) in [5.74, 6) is -0.566. The minimum atomic E-state index is -0.991. The molecule has 2 heterocycles. The Labute approximate surface area is 303 Å². The number of anilines is 2. The average Bonchev–Trinajstić information content (AvgIpc) is 3.13. The highest BCUT2D eigenvalue weighted by Crippen LogP contribution is 2.42. The van der Waals surface area contributed by atoms with Crippen LogP contribution in [-0.4, -0.2) is 56.1 Å². The van der Waals surface area contributed by atoms with Crippen molar-refractivity contribution in [2.75, 3.05) is 19.0 Å². The van der Waals surface area contributed by atoms with Crippen LogP contribution in [-0.2, 0) is 24.1 Å². The summed E-state index contributed by atoms with van der Waals surface area (Å²) in [6, 6.07) is 21.1. The molecule has 5 aromatic rings. The fourth-order valence-corrected chi connectivity index (χ4v) is 7.00. The fourth-order valence-electron chi connectivity index (χ4n) is 7.00. The molecule has 1 aliphatic heterocycles. The van der Waals surface area contributed by atoms with Gasteiger partial charge in [0.15, 0.2) is 23.0 Å². The number of aryl methyl sites for hydroxylation is 2. The van der Waals surface area contributed by atoms with E-state index in [1.165, 1.54) is 13.2 Å². The number of ketones is 1. The lowest BCUT2D eigenvalue weighted by Gasteiger charge is -2.26. The molecule has 272 valence electrons. The van der Waals surface area contributed by atoms with E-state index in [2.05, 4.69) is 10.3 Å². The fraction of sp³-hybridized carbons (Fsp3) is 0.333. The van der Waals surface area contributed by atoms with Gasteiger partial charge in [0.1, 0.15) is 17.4 Å². The molecule has 6 rings (SSSR count). The van der Waals surface area contributed by atoms with E-state index < -0.39 is 17.9 Å². The number of nitrogens with one attached hydrogen (secondary N) is 1. The Balaban J connectivity index is 1.40. The number of rotatable bonds is 9. The van der Waals surface area contributed by atoms with Crippen LogP contribution in [0, 0.1) is 11.8 Å². The van der Waals surface area contributed by atoms with Gasteiger partial charge in [-0.3, -0.25) is 4.79 Å².